The Labute approximate surface area is 298 Å². The van der Waals surface area contributed by atoms with Crippen LogP contribution in [0.1, 0.15) is 12.0 Å². The van der Waals surface area contributed by atoms with Crippen molar-refractivity contribution in [2.75, 3.05) is 13.2 Å². The fourth-order valence-corrected chi connectivity index (χ4v) is 5.36. The number of fused-ring (bicyclic) bond motifs is 1. The molecule has 8 atom stereocenters. The Morgan fingerprint density at radius 3 is 2.21 bits per heavy atom. The summed E-state index contributed by atoms with van der Waals surface area (Å²) in [7, 11) is 0. The average molecular weight is 745 g/mol. The van der Waals surface area contributed by atoms with Crippen LogP contribution in [0.3, 0.4) is 0 Å². The van der Waals surface area contributed by atoms with Gasteiger partial charge in [-0.05, 0) is 42.0 Å². The molecule has 18 nitrogen and oxygen atoms in total. The van der Waals surface area contributed by atoms with Gasteiger partial charge >= 0.3 is 5.97 Å². The first-order chi connectivity index (χ1) is 25.1. The second-order valence-corrected chi connectivity index (χ2v) is 12.0. The van der Waals surface area contributed by atoms with Crippen molar-refractivity contribution in [3.63, 3.8) is 0 Å². The average Bonchev–Trinajstić information content (AvgIpc) is 3.10. The van der Waals surface area contributed by atoms with Crippen molar-refractivity contribution in [2.45, 2.75) is 55.6 Å². The predicted molar refractivity (Wildman–Crippen MR) is 179 cm³/mol. The van der Waals surface area contributed by atoms with Crippen molar-refractivity contribution in [3.8, 4) is 45.8 Å². The largest absolute Gasteiger partial charge is 0.508 e. The molecule has 2 aliphatic rings. The minimum absolute atomic E-state index is 0.0533. The minimum atomic E-state index is -1.62. The predicted octanol–water partition coefficient (Wildman–Crippen LogP) is 0.444. The van der Waals surface area contributed by atoms with Crippen LogP contribution in [0.2, 0.25) is 0 Å². The lowest BCUT2D eigenvalue weighted by Gasteiger charge is -2.39. The molecule has 0 radical (unpaired) electrons. The van der Waals surface area contributed by atoms with E-state index in [0.29, 0.717) is 0 Å². The Morgan fingerprint density at radius 1 is 0.811 bits per heavy atom. The summed E-state index contributed by atoms with van der Waals surface area (Å²) >= 11 is 0. The van der Waals surface area contributed by atoms with Gasteiger partial charge in [0.1, 0.15) is 58.7 Å². The monoisotopic (exact) mass is 744 g/mol. The number of rotatable bonds is 8. The fraction of sp³-hybridized carbons (Fsp3) is 0.314. The van der Waals surface area contributed by atoms with E-state index in [4.69, 9.17) is 33.6 Å². The number of aromatic hydroxyl groups is 5. The summed E-state index contributed by atoms with van der Waals surface area (Å²) in [6.07, 6.45) is -9.35. The van der Waals surface area contributed by atoms with Gasteiger partial charge in [0.25, 0.3) is 0 Å². The number of hydrogen-bond acceptors (Lipinski definition) is 17. The van der Waals surface area contributed by atoms with E-state index in [0.717, 1.165) is 35.9 Å². The Kier molecular flexibility index (Phi) is 12.1. The molecule has 0 amide bonds. The molecule has 18 heteroatoms. The lowest BCUT2D eigenvalue weighted by molar-refractivity contribution is -0.292. The first kappa shape index (κ1) is 38.8. The summed E-state index contributed by atoms with van der Waals surface area (Å²) in [5, 5.41) is 107. The van der Waals surface area contributed by atoms with Crippen molar-refractivity contribution in [3.05, 3.63) is 76.5 Å². The van der Waals surface area contributed by atoms with E-state index < -0.39 is 96.0 Å². The Hall–Kier alpha value is -5.44. The molecule has 8 unspecified atom stereocenters. The van der Waals surface area contributed by atoms with Gasteiger partial charge in [-0.2, -0.15) is 0 Å². The van der Waals surface area contributed by atoms with Gasteiger partial charge in [0.15, 0.2) is 23.5 Å². The van der Waals surface area contributed by atoms with E-state index >= 15 is 0 Å². The highest BCUT2D eigenvalue weighted by Gasteiger charge is 2.42. The van der Waals surface area contributed by atoms with Crippen molar-refractivity contribution in [1.29, 1.82) is 0 Å². The van der Waals surface area contributed by atoms with Gasteiger partial charge in [-0.25, -0.2) is 4.79 Å². The number of ether oxygens (including phenoxy) is 4. The fourth-order valence-electron chi connectivity index (χ4n) is 5.36. The van der Waals surface area contributed by atoms with E-state index in [1.165, 1.54) is 24.3 Å². The van der Waals surface area contributed by atoms with Crippen LogP contribution < -0.4 is 10.2 Å². The number of phenols is 5. The smallest absolute Gasteiger partial charge is 0.328 e. The summed E-state index contributed by atoms with van der Waals surface area (Å²) in [6.45, 7) is -0.809. The van der Waals surface area contributed by atoms with Crippen LogP contribution in [-0.2, 0) is 19.0 Å². The van der Waals surface area contributed by atoms with E-state index in [1.54, 1.807) is 12.1 Å². The molecule has 2 aliphatic heterocycles. The zero-order valence-electron chi connectivity index (χ0n) is 27.4. The van der Waals surface area contributed by atoms with E-state index in [-0.39, 0.29) is 41.1 Å². The number of hydrogen-bond donors (Lipinski definition) is 11. The second-order valence-electron chi connectivity index (χ2n) is 12.0. The minimum Gasteiger partial charge on any atom is -0.508 e. The maximum Gasteiger partial charge on any atom is 0.328 e. The van der Waals surface area contributed by atoms with Crippen LogP contribution in [-0.4, -0.2) is 125 Å². The summed E-state index contributed by atoms with van der Waals surface area (Å²) in [4.78, 5) is 23.6. The molecular weight excluding hydrogens is 708 g/mol. The molecule has 3 heterocycles. The number of carboxylic acid groups (broad SMARTS) is 1. The molecule has 11 N–H and O–H groups in total. The molecule has 0 aliphatic carbocycles. The van der Waals surface area contributed by atoms with Crippen LogP contribution in [0.25, 0.3) is 28.4 Å². The van der Waals surface area contributed by atoms with Gasteiger partial charge in [0.05, 0.1) is 19.3 Å². The number of carboxylic acids is 1. The molecular formula is C35H36O18. The normalized spacial score (nSPS) is 25.8. The van der Waals surface area contributed by atoms with Crippen molar-refractivity contribution >= 4 is 23.0 Å². The number of aliphatic carboxylic acids is 1. The second kappa shape index (κ2) is 16.5. The number of phenolic OH excluding ortho intramolecular Hbond substituents is 5. The highest BCUT2D eigenvalue weighted by molar-refractivity contribution is 5.88. The maximum atomic E-state index is 13.5. The number of aliphatic hydroxyl groups is 5. The quantitative estimate of drug-likeness (QED) is 0.0861. The van der Waals surface area contributed by atoms with Gasteiger partial charge in [-0.1, -0.05) is 12.1 Å². The van der Waals surface area contributed by atoms with Gasteiger partial charge < -0.3 is 79.5 Å². The first-order valence-corrected chi connectivity index (χ1v) is 15.8. The summed E-state index contributed by atoms with van der Waals surface area (Å²) in [5.74, 6) is -3.67. The molecule has 53 heavy (non-hydrogen) atoms. The molecule has 284 valence electrons. The topological polar surface area (TPSA) is 307 Å². The van der Waals surface area contributed by atoms with Crippen LogP contribution in [0.15, 0.2) is 69.9 Å². The summed E-state index contributed by atoms with van der Waals surface area (Å²) in [6, 6.07) is 11.8. The van der Waals surface area contributed by atoms with Gasteiger partial charge in [0.2, 0.25) is 17.5 Å². The SMILES string of the molecule is O=C(O)C=Cc1ccc(O)cc1.O=c1c(OC2CC(O)C(O)C(COC3OCC(O)C(O)C3O)O2)c(-c2ccc(O)c(O)c2)oc2cc(O)cc(O)c12. The standard InChI is InChI=1S/C26H28O15.C9H8O3/c27-10-4-13(30)19-16(5-10)40-24(9-1-2-11(28)12(29)3-9)25(22(19)35)41-18-6-14(31)20(33)17(39-18)8-38-26-23(36)21(34)15(32)7-37-26;10-8-4-1-7(2-5-8)3-6-9(11)12/h1-5,14-15,17-18,20-21,23,26-34,36H,6-8H2;1-6,10H,(H,11,12). The molecule has 3 aromatic carbocycles. The lowest BCUT2D eigenvalue weighted by atomic mass is 10.0. The molecule has 2 fully saturated rings. The highest BCUT2D eigenvalue weighted by Crippen LogP contribution is 2.39. The third-order valence-electron chi connectivity index (χ3n) is 8.13. The zero-order chi connectivity index (χ0) is 38.6. The van der Waals surface area contributed by atoms with E-state index in [9.17, 15) is 55.5 Å². The molecule has 0 saturated carbocycles. The summed E-state index contributed by atoms with van der Waals surface area (Å²) < 4.78 is 27.9. The number of benzene rings is 3. The van der Waals surface area contributed by atoms with Crippen LogP contribution in [0, 0.1) is 0 Å². The first-order valence-electron chi connectivity index (χ1n) is 15.8. The van der Waals surface area contributed by atoms with E-state index in [2.05, 4.69) is 0 Å². The third-order valence-corrected chi connectivity index (χ3v) is 8.13. The molecule has 0 spiro atoms. The van der Waals surface area contributed by atoms with Crippen molar-refractivity contribution in [2.24, 2.45) is 0 Å². The Bertz CT molecular complexity index is 1990. The highest BCUT2D eigenvalue weighted by atomic mass is 16.7. The molecule has 1 aromatic heterocycles. The Balaban J connectivity index is 0.000000384. The van der Waals surface area contributed by atoms with Crippen LogP contribution in [0.4, 0.5) is 0 Å². The molecule has 6 rings (SSSR count). The Morgan fingerprint density at radius 2 is 1.53 bits per heavy atom. The number of carbonyl (C=O) groups is 1. The number of aliphatic hydroxyl groups excluding tert-OH is 5. The van der Waals surface area contributed by atoms with Crippen molar-refractivity contribution in [1.82, 2.24) is 0 Å². The molecule has 4 aromatic rings. The molecule has 2 saturated heterocycles. The van der Waals surface area contributed by atoms with Gasteiger partial charge in [-0.3, -0.25) is 4.79 Å². The van der Waals surface area contributed by atoms with Crippen LogP contribution in [0.5, 0.6) is 34.5 Å². The van der Waals surface area contributed by atoms with Gasteiger partial charge in [0, 0.05) is 30.2 Å². The van der Waals surface area contributed by atoms with Crippen LogP contribution >= 0.6 is 0 Å². The maximum absolute atomic E-state index is 13.5. The third kappa shape index (κ3) is 9.14. The van der Waals surface area contributed by atoms with Gasteiger partial charge in [-0.15, -0.1) is 0 Å². The van der Waals surface area contributed by atoms with E-state index in [1.807, 2.05) is 0 Å². The lowest BCUT2D eigenvalue weighted by Crippen LogP contribution is -2.56. The zero-order valence-corrected chi connectivity index (χ0v) is 27.4. The summed E-state index contributed by atoms with van der Waals surface area (Å²) in [5.41, 5.74) is -0.338. The van der Waals surface area contributed by atoms with Crippen molar-refractivity contribution < 1.29 is 84.3 Å². The molecule has 0 bridgehead atoms.